The Labute approximate surface area is 136 Å². The van der Waals surface area contributed by atoms with Crippen LogP contribution in [-0.2, 0) is 11.2 Å². The molecule has 0 radical (unpaired) electrons. The second-order valence-corrected chi connectivity index (χ2v) is 6.65. The van der Waals surface area contributed by atoms with E-state index in [9.17, 15) is 14.9 Å². The molecule has 2 atom stereocenters. The summed E-state index contributed by atoms with van der Waals surface area (Å²) in [5.74, 6) is 0.959. The smallest absolute Gasteiger partial charge is 0.271 e. The number of amides is 1. The summed E-state index contributed by atoms with van der Waals surface area (Å²) in [6, 6.07) is 4.82. The molecule has 1 saturated heterocycles. The predicted molar refractivity (Wildman–Crippen MR) is 88.5 cm³/mol. The number of anilines is 1. The average molecular weight is 317 g/mol. The highest BCUT2D eigenvalue weighted by Gasteiger charge is 2.29. The number of carbonyl (C=O) groups is 1. The third kappa shape index (κ3) is 3.37. The summed E-state index contributed by atoms with van der Waals surface area (Å²) in [5.41, 5.74) is 1.79. The molecule has 23 heavy (non-hydrogen) atoms. The van der Waals surface area contributed by atoms with Gasteiger partial charge in [0.2, 0.25) is 5.91 Å². The SMILES string of the molecule is CC(CC(=O)N1CCc2ccc([N+](=O)[O-])cc21)C1CCCNC1. The van der Waals surface area contributed by atoms with Crippen LogP contribution in [0.3, 0.4) is 0 Å². The largest absolute Gasteiger partial charge is 0.316 e. The van der Waals surface area contributed by atoms with Crippen molar-refractivity contribution < 1.29 is 9.72 Å². The Morgan fingerprint density at radius 3 is 3.04 bits per heavy atom. The molecular formula is C17H23N3O3. The van der Waals surface area contributed by atoms with Gasteiger partial charge < -0.3 is 10.2 Å². The lowest BCUT2D eigenvalue weighted by Gasteiger charge is -2.29. The van der Waals surface area contributed by atoms with Crippen LogP contribution in [0.15, 0.2) is 18.2 Å². The third-order valence-electron chi connectivity index (χ3n) is 5.11. The zero-order chi connectivity index (χ0) is 16.4. The van der Waals surface area contributed by atoms with E-state index in [1.807, 2.05) is 0 Å². The molecule has 0 aromatic heterocycles. The Hall–Kier alpha value is -1.95. The van der Waals surface area contributed by atoms with Crippen LogP contribution in [0.2, 0.25) is 0 Å². The van der Waals surface area contributed by atoms with E-state index >= 15 is 0 Å². The van der Waals surface area contributed by atoms with Gasteiger partial charge in [0, 0.05) is 25.1 Å². The average Bonchev–Trinajstić information content (AvgIpc) is 2.98. The van der Waals surface area contributed by atoms with E-state index in [-0.39, 0.29) is 11.6 Å². The Morgan fingerprint density at radius 2 is 2.35 bits per heavy atom. The molecule has 2 heterocycles. The maximum Gasteiger partial charge on any atom is 0.271 e. The summed E-state index contributed by atoms with van der Waals surface area (Å²) < 4.78 is 0. The molecule has 0 aliphatic carbocycles. The lowest BCUT2D eigenvalue weighted by atomic mass is 9.85. The number of hydrogen-bond acceptors (Lipinski definition) is 4. The Balaban J connectivity index is 1.70. The van der Waals surface area contributed by atoms with Crippen molar-refractivity contribution in [2.45, 2.75) is 32.6 Å². The maximum absolute atomic E-state index is 12.7. The van der Waals surface area contributed by atoms with Gasteiger partial charge in [-0.15, -0.1) is 0 Å². The van der Waals surface area contributed by atoms with Crippen molar-refractivity contribution >= 4 is 17.3 Å². The topological polar surface area (TPSA) is 75.5 Å². The van der Waals surface area contributed by atoms with Crippen molar-refractivity contribution in [3.8, 4) is 0 Å². The van der Waals surface area contributed by atoms with Gasteiger partial charge in [0.1, 0.15) is 0 Å². The van der Waals surface area contributed by atoms with E-state index in [0.29, 0.717) is 24.8 Å². The van der Waals surface area contributed by atoms with Crippen molar-refractivity contribution in [2.24, 2.45) is 11.8 Å². The summed E-state index contributed by atoms with van der Waals surface area (Å²) in [6.45, 7) is 4.82. The van der Waals surface area contributed by atoms with Gasteiger partial charge in [0.15, 0.2) is 0 Å². The summed E-state index contributed by atoms with van der Waals surface area (Å²) in [7, 11) is 0. The fourth-order valence-electron chi connectivity index (χ4n) is 3.66. The zero-order valence-electron chi connectivity index (χ0n) is 13.5. The number of benzene rings is 1. The minimum absolute atomic E-state index is 0.0491. The van der Waals surface area contributed by atoms with Gasteiger partial charge in [-0.25, -0.2) is 0 Å². The number of piperidine rings is 1. The molecule has 1 fully saturated rings. The summed E-state index contributed by atoms with van der Waals surface area (Å²) in [5, 5.41) is 14.4. The Bertz CT molecular complexity index is 611. The summed E-state index contributed by atoms with van der Waals surface area (Å²) >= 11 is 0. The monoisotopic (exact) mass is 317 g/mol. The minimum atomic E-state index is -0.405. The second-order valence-electron chi connectivity index (χ2n) is 6.65. The van der Waals surface area contributed by atoms with E-state index in [0.717, 1.165) is 30.8 Å². The number of nitrogens with zero attached hydrogens (tertiary/aromatic N) is 2. The first-order valence-corrected chi connectivity index (χ1v) is 8.34. The molecule has 1 aromatic carbocycles. The van der Waals surface area contributed by atoms with E-state index in [1.54, 1.807) is 11.0 Å². The van der Waals surface area contributed by atoms with Gasteiger partial charge in [0.05, 0.1) is 10.6 Å². The van der Waals surface area contributed by atoms with Gasteiger partial charge in [0.25, 0.3) is 5.69 Å². The molecular weight excluding hydrogens is 294 g/mol. The molecule has 1 aromatic rings. The van der Waals surface area contributed by atoms with E-state index in [1.165, 1.54) is 25.0 Å². The number of hydrogen-bond donors (Lipinski definition) is 1. The number of fused-ring (bicyclic) bond motifs is 1. The highest BCUT2D eigenvalue weighted by Crippen LogP contribution is 2.33. The molecule has 0 bridgehead atoms. The number of nitrogens with one attached hydrogen (secondary N) is 1. The lowest BCUT2D eigenvalue weighted by molar-refractivity contribution is -0.384. The van der Waals surface area contributed by atoms with Gasteiger partial charge in [-0.05, 0) is 49.8 Å². The van der Waals surface area contributed by atoms with Crippen molar-refractivity contribution in [1.82, 2.24) is 5.32 Å². The fourth-order valence-corrected chi connectivity index (χ4v) is 3.66. The van der Waals surface area contributed by atoms with Crippen molar-refractivity contribution in [2.75, 3.05) is 24.5 Å². The van der Waals surface area contributed by atoms with Crippen LogP contribution in [-0.4, -0.2) is 30.5 Å². The first kappa shape index (κ1) is 15.9. The molecule has 1 N–H and O–H groups in total. The third-order valence-corrected chi connectivity index (χ3v) is 5.11. The number of nitro benzene ring substituents is 1. The first-order chi connectivity index (χ1) is 11.1. The van der Waals surface area contributed by atoms with E-state index in [2.05, 4.69) is 12.2 Å². The molecule has 6 nitrogen and oxygen atoms in total. The molecule has 6 heteroatoms. The molecule has 124 valence electrons. The number of rotatable bonds is 4. The molecule has 3 rings (SSSR count). The summed E-state index contributed by atoms with van der Waals surface area (Å²) in [4.78, 5) is 25.0. The van der Waals surface area contributed by atoms with Gasteiger partial charge >= 0.3 is 0 Å². The fraction of sp³-hybridized carbons (Fsp3) is 0.588. The van der Waals surface area contributed by atoms with Crippen LogP contribution in [0.25, 0.3) is 0 Å². The second kappa shape index (κ2) is 6.66. The van der Waals surface area contributed by atoms with Gasteiger partial charge in [-0.2, -0.15) is 0 Å². The summed E-state index contributed by atoms with van der Waals surface area (Å²) in [6.07, 6.45) is 3.62. The molecule has 2 aliphatic rings. The van der Waals surface area contributed by atoms with Crippen molar-refractivity contribution in [3.63, 3.8) is 0 Å². The number of non-ortho nitro benzene ring substituents is 1. The van der Waals surface area contributed by atoms with Crippen LogP contribution < -0.4 is 10.2 Å². The standard InChI is InChI=1S/C17H23N3O3/c1-12(14-3-2-7-18-11-14)9-17(21)19-8-6-13-4-5-15(20(22)23)10-16(13)19/h4-5,10,12,14,18H,2-3,6-9,11H2,1H3. The molecule has 2 aliphatic heterocycles. The highest BCUT2D eigenvalue weighted by atomic mass is 16.6. The highest BCUT2D eigenvalue weighted by molar-refractivity contribution is 5.96. The predicted octanol–water partition coefficient (Wildman–Crippen LogP) is 2.51. The van der Waals surface area contributed by atoms with Crippen LogP contribution in [0, 0.1) is 22.0 Å². The van der Waals surface area contributed by atoms with Crippen molar-refractivity contribution in [1.29, 1.82) is 0 Å². The van der Waals surface area contributed by atoms with Gasteiger partial charge in [-0.3, -0.25) is 14.9 Å². The minimum Gasteiger partial charge on any atom is -0.316 e. The normalized spacial score (nSPS) is 21.8. The number of carbonyl (C=O) groups excluding carboxylic acids is 1. The zero-order valence-corrected chi connectivity index (χ0v) is 13.5. The van der Waals surface area contributed by atoms with Gasteiger partial charge in [-0.1, -0.05) is 13.0 Å². The van der Waals surface area contributed by atoms with Crippen LogP contribution >= 0.6 is 0 Å². The Morgan fingerprint density at radius 1 is 1.52 bits per heavy atom. The van der Waals surface area contributed by atoms with Crippen LogP contribution in [0.4, 0.5) is 11.4 Å². The molecule has 2 unspecified atom stereocenters. The molecule has 0 spiro atoms. The maximum atomic E-state index is 12.7. The van der Waals surface area contributed by atoms with E-state index in [4.69, 9.17) is 0 Å². The molecule has 1 amide bonds. The van der Waals surface area contributed by atoms with Crippen LogP contribution in [0.1, 0.15) is 31.7 Å². The van der Waals surface area contributed by atoms with E-state index < -0.39 is 4.92 Å². The van der Waals surface area contributed by atoms with Crippen LogP contribution in [0.5, 0.6) is 0 Å². The first-order valence-electron chi connectivity index (χ1n) is 8.34. The Kier molecular flexibility index (Phi) is 4.61. The molecule has 0 saturated carbocycles. The lowest BCUT2D eigenvalue weighted by Crippen LogP contribution is -2.36. The quantitative estimate of drug-likeness (QED) is 0.684. The number of nitro groups is 1. The van der Waals surface area contributed by atoms with Crippen molar-refractivity contribution in [3.05, 3.63) is 33.9 Å².